The predicted molar refractivity (Wildman–Crippen MR) is 72.7 cm³/mol. The molecule has 0 aromatic heterocycles. The Balaban J connectivity index is 2.22. The van der Waals surface area contributed by atoms with Crippen LogP contribution in [0.25, 0.3) is 21.9 Å². The number of fused-ring (bicyclic) bond motifs is 1. The third-order valence-corrected chi connectivity index (χ3v) is 3.08. The lowest BCUT2D eigenvalue weighted by Crippen LogP contribution is -1.80. The van der Waals surface area contributed by atoms with Crippen LogP contribution in [0.15, 0.2) is 60.7 Å². The van der Waals surface area contributed by atoms with E-state index in [4.69, 9.17) is 0 Å². The maximum absolute atomic E-state index is 9.87. The molecule has 3 aromatic rings. The number of hydrogen-bond acceptors (Lipinski definition) is 2. The van der Waals surface area contributed by atoms with Gasteiger partial charge in [0.25, 0.3) is 0 Å². The van der Waals surface area contributed by atoms with Crippen LogP contribution in [0, 0.1) is 0 Å². The summed E-state index contributed by atoms with van der Waals surface area (Å²) in [7, 11) is 0. The fourth-order valence-electron chi connectivity index (χ4n) is 2.12. The maximum Gasteiger partial charge on any atom is 0.165 e. The van der Waals surface area contributed by atoms with E-state index in [-0.39, 0.29) is 11.5 Å². The summed E-state index contributed by atoms with van der Waals surface area (Å²) in [5.41, 5.74) is 1.53. The van der Waals surface area contributed by atoms with E-state index >= 15 is 0 Å². The first-order valence-electron chi connectivity index (χ1n) is 5.76. The standard InChI is InChI=1S/C16H12O2/c17-15-7-3-6-14(16(15)18)13-9-8-11-4-1-2-5-12(11)10-13/h1-10,17-18H. The smallest absolute Gasteiger partial charge is 0.165 e. The molecule has 0 spiro atoms. The highest BCUT2D eigenvalue weighted by Crippen LogP contribution is 2.36. The molecule has 0 saturated heterocycles. The Morgan fingerprint density at radius 2 is 1.44 bits per heavy atom. The first kappa shape index (κ1) is 10.7. The van der Waals surface area contributed by atoms with Gasteiger partial charge in [-0.25, -0.2) is 0 Å². The molecule has 3 aromatic carbocycles. The monoisotopic (exact) mass is 236 g/mol. The summed E-state index contributed by atoms with van der Waals surface area (Å²) < 4.78 is 0. The van der Waals surface area contributed by atoms with Crippen LogP contribution >= 0.6 is 0 Å². The Bertz CT molecular complexity index is 717. The summed E-state index contributed by atoms with van der Waals surface area (Å²) >= 11 is 0. The minimum absolute atomic E-state index is 0.0761. The molecule has 0 bridgehead atoms. The number of benzene rings is 3. The van der Waals surface area contributed by atoms with Crippen molar-refractivity contribution in [2.24, 2.45) is 0 Å². The fraction of sp³-hybridized carbons (Fsp3) is 0. The molecule has 18 heavy (non-hydrogen) atoms. The third kappa shape index (κ3) is 1.68. The summed E-state index contributed by atoms with van der Waals surface area (Å²) in [6, 6.07) is 19.0. The van der Waals surface area contributed by atoms with Gasteiger partial charge < -0.3 is 10.2 Å². The maximum atomic E-state index is 9.87. The van der Waals surface area contributed by atoms with Crippen LogP contribution in [0.5, 0.6) is 11.5 Å². The van der Waals surface area contributed by atoms with Crippen LogP contribution in [0.1, 0.15) is 0 Å². The summed E-state index contributed by atoms with van der Waals surface area (Å²) in [4.78, 5) is 0. The minimum Gasteiger partial charge on any atom is -0.504 e. The largest absolute Gasteiger partial charge is 0.504 e. The van der Waals surface area contributed by atoms with Gasteiger partial charge in [-0.05, 0) is 28.5 Å². The topological polar surface area (TPSA) is 40.5 Å². The molecule has 2 nitrogen and oxygen atoms in total. The Hall–Kier alpha value is -2.48. The van der Waals surface area contributed by atoms with Crippen LogP contribution in [-0.2, 0) is 0 Å². The van der Waals surface area contributed by atoms with E-state index < -0.39 is 0 Å². The van der Waals surface area contributed by atoms with E-state index in [1.165, 1.54) is 6.07 Å². The quantitative estimate of drug-likeness (QED) is 0.629. The number of aromatic hydroxyl groups is 2. The van der Waals surface area contributed by atoms with Gasteiger partial charge in [0.05, 0.1) is 0 Å². The Kier molecular flexibility index (Phi) is 2.41. The van der Waals surface area contributed by atoms with E-state index in [0.29, 0.717) is 5.56 Å². The average Bonchev–Trinajstić information content (AvgIpc) is 2.41. The molecule has 0 aliphatic rings. The van der Waals surface area contributed by atoms with Gasteiger partial charge in [0.15, 0.2) is 11.5 Å². The van der Waals surface area contributed by atoms with Crippen LogP contribution in [-0.4, -0.2) is 10.2 Å². The van der Waals surface area contributed by atoms with Gasteiger partial charge in [-0.2, -0.15) is 0 Å². The second-order valence-electron chi connectivity index (χ2n) is 4.24. The number of hydrogen-bond donors (Lipinski definition) is 2. The minimum atomic E-state index is -0.0966. The van der Waals surface area contributed by atoms with Crippen molar-refractivity contribution in [2.45, 2.75) is 0 Å². The van der Waals surface area contributed by atoms with Crippen LogP contribution in [0.2, 0.25) is 0 Å². The second-order valence-corrected chi connectivity index (χ2v) is 4.24. The highest BCUT2D eigenvalue weighted by Gasteiger charge is 2.08. The average molecular weight is 236 g/mol. The van der Waals surface area contributed by atoms with Gasteiger partial charge in [-0.15, -0.1) is 0 Å². The highest BCUT2D eigenvalue weighted by molar-refractivity contribution is 5.88. The highest BCUT2D eigenvalue weighted by atomic mass is 16.3. The molecule has 3 rings (SSSR count). The van der Waals surface area contributed by atoms with Gasteiger partial charge in [0.2, 0.25) is 0 Å². The van der Waals surface area contributed by atoms with Crippen LogP contribution in [0.4, 0.5) is 0 Å². The van der Waals surface area contributed by atoms with Crippen molar-refractivity contribution in [3.05, 3.63) is 60.7 Å². The lowest BCUT2D eigenvalue weighted by molar-refractivity contribution is 0.405. The molecular weight excluding hydrogens is 224 g/mol. The lowest BCUT2D eigenvalue weighted by atomic mass is 10.0. The van der Waals surface area contributed by atoms with E-state index in [0.717, 1.165) is 16.3 Å². The lowest BCUT2D eigenvalue weighted by Gasteiger charge is -2.07. The molecule has 0 aliphatic carbocycles. The van der Waals surface area contributed by atoms with Gasteiger partial charge in [0.1, 0.15) is 0 Å². The number of para-hydroxylation sites is 1. The number of rotatable bonds is 1. The molecule has 2 heteroatoms. The Morgan fingerprint density at radius 1 is 0.667 bits per heavy atom. The fourth-order valence-corrected chi connectivity index (χ4v) is 2.12. The van der Waals surface area contributed by atoms with E-state index in [9.17, 15) is 10.2 Å². The van der Waals surface area contributed by atoms with Crippen molar-refractivity contribution in [3.8, 4) is 22.6 Å². The van der Waals surface area contributed by atoms with E-state index in [2.05, 4.69) is 0 Å². The zero-order valence-electron chi connectivity index (χ0n) is 9.67. The van der Waals surface area contributed by atoms with Gasteiger partial charge in [-0.1, -0.05) is 48.5 Å². The summed E-state index contributed by atoms with van der Waals surface area (Å²) in [6.07, 6.45) is 0. The molecule has 0 radical (unpaired) electrons. The Morgan fingerprint density at radius 3 is 2.28 bits per heavy atom. The van der Waals surface area contributed by atoms with Crippen molar-refractivity contribution in [1.29, 1.82) is 0 Å². The second kappa shape index (κ2) is 4.08. The molecule has 0 aliphatic heterocycles. The third-order valence-electron chi connectivity index (χ3n) is 3.08. The predicted octanol–water partition coefficient (Wildman–Crippen LogP) is 3.92. The van der Waals surface area contributed by atoms with Crippen LogP contribution in [0.3, 0.4) is 0 Å². The molecule has 0 saturated carbocycles. The molecule has 0 heterocycles. The van der Waals surface area contributed by atoms with Crippen molar-refractivity contribution in [3.63, 3.8) is 0 Å². The Labute approximate surface area is 105 Å². The summed E-state index contributed by atoms with van der Waals surface area (Å²) in [5.74, 6) is -0.173. The number of phenols is 2. The van der Waals surface area contributed by atoms with Crippen molar-refractivity contribution in [2.75, 3.05) is 0 Å². The zero-order chi connectivity index (χ0) is 12.5. The molecule has 0 amide bonds. The molecule has 0 unspecified atom stereocenters. The molecular formula is C16H12O2. The SMILES string of the molecule is Oc1cccc(-c2ccc3ccccc3c2)c1O. The van der Waals surface area contributed by atoms with E-state index in [1.807, 2.05) is 42.5 Å². The summed E-state index contributed by atoms with van der Waals surface area (Å²) in [5, 5.41) is 21.7. The first-order valence-corrected chi connectivity index (χ1v) is 5.76. The van der Waals surface area contributed by atoms with Gasteiger partial charge in [0, 0.05) is 5.56 Å². The van der Waals surface area contributed by atoms with E-state index in [1.54, 1.807) is 12.1 Å². The van der Waals surface area contributed by atoms with Gasteiger partial charge >= 0.3 is 0 Å². The first-order chi connectivity index (χ1) is 8.75. The van der Waals surface area contributed by atoms with Crippen molar-refractivity contribution in [1.82, 2.24) is 0 Å². The molecule has 88 valence electrons. The molecule has 2 N–H and O–H groups in total. The van der Waals surface area contributed by atoms with Crippen LogP contribution < -0.4 is 0 Å². The summed E-state index contributed by atoms with van der Waals surface area (Å²) in [6.45, 7) is 0. The van der Waals surface area contributed by atoms with Gasteiger partial charge in [-0.3, -0.25) is 0 Å². The molecule has 0 fully saturated rings. The zero-order valence-corrected chi connectivity index (χ0v) is 9.67. The molecule has 0 atom stereocenters. The normalized spacial score (nSPS) is 10.7. The van der Waals surface area contributed by atoms with Crippen molar-refractivity contribution < 1.29 is 10.2 Å². The number of phenolic OH excluding ortho intramolecular Hbond substituents is 2. The van der Waals surface area contributed by atoms with Crippen molar-refractivity contribution >= 4 is 10.8 Å².